The molecule has 0 aliphatic carbocycles. The lowest BCUT2D eigenvalue weighted by Crippen LogP contribution is -2.36. The van der Waals surface area contributed by atoms with Gasteiger partial charge in [-0.15, -0.1) is 5.10 Å². The maximum atomic E-state index is 11.6. The second-order valence-electron chi connectivity index (χ2n) is 5.03. The first-order valence-corrected chi connectivity index (χ1v) is 6.48. The predicted molar refractivity (Wildman–Crippen MR) is 70.4 cm³/mol. The minimum Gasteiger partial charge on any atom is -0.481 e. The maximum Gasteiger partial charge on any atom is 0.311 e. The molecule has 0 amide bonds. The van der Waals surface area contributed by atoms with Gasteiger partial charge in [0.05, 0.1) is 11.1 Å². The number of benzene rings is 1. The Kier molecular flexibility index (Phi) is 3.19. The maximum absolute atomic E-state index is 11.6. The molecule has 1 unspecified atom stereocenters. The van der Waals surface area contributed by atoms with E-state index in [2.05, 4.69) is 20.8 Å². The van der Waals surface area contributed by atoms with Gasteiger partial charge in [0.25, 0.3) is 0 Å². The molecule has 2 aromatic rings. The lowest BCUT2D eigenvalue weighted by molar-refractivity contribution is -0.147. The number of aliphatic carboxylic acids is 1. The summed E-state index contributed by atoms with van der Waals surface area (Å²) < 4.78 is 1.60. The van der Waals surface area contributed by atoms with E-state index in [1.165, 1.54) is 0 Å². The highest BCUT2D eigenvalue weighted by Gasteiger charge is 2.43. The number of carbonyl (C=O) groups is 1. The summed E-state index contributed by atoms with van der Waals surface area (Å²) in [5, 5.41) is 24.2. The lowest BCUT2D eigenvalue weighted by atomic mass is 9.83. The van der Waals surface area contributed by atoms with Crippen molar-refractivity contribution < 1.29 is 9.90 Å². The first-order valence-electron chi connectivity index (χ1n) is 6.48. The number of hydrogen-bond acceptors (Lipinski definition) is 5. The Morgan fingerprint density at radius 2 is 2.20 bits per heavy atom. The minimum absolute atomic E-state index is 0.317. The van der Waals surface area contributed by atoms with Gasteiger partial charge in [0.15, 0.2) is 5.82 Å². The van der Waals surface area contributed by atoms with Crippen LogP contribution < -0.4 is 5.32 Å². The van der Waals surface area contributed by atoms with Gasteiger partial charge in [0, 0.05) is 13.0 Å². The molecule has 1 aromatic heterocycles. The van der Waals surface area contributed by atoms with Crippen LogP contribution in [0.15, 0.2) is 30.3 Å². The number of nitrogens with one attached hydrogen (secondary N) is 1. The number of carboxylic acids is 1. The number of nitrogens with zero attached hydrogens (tertiary/aromatic N) is 4. The normalized spacial score (nSPS) is 22.0. The molecule has 2 heterocycles. The monoisotopic (exact) mass is 273 g/mol. The van der Waals surface area contributed by atoms with Gasteiger partial charge >= 0.3 is 5.97 Å². The fraction of sp³-hybridized carbons (Fsp3) is 0.385. The van der Waals surface area contributed by atoms with Crippen molar-refractivity contribution >= 4 is 5.97 Å². The number of tetrazole rings is 1. The Morgan fingerprint density at radius 1 is 1.40 bits per heavy atom. The Morgan fingerprint density at radius 3 is 2.85 bits per heavy atom. The Hall–Kier alpha value is -2.28. The highest BCUT2D eigenvalue weighted by molar-refractivity contribution is 5.75. The van der Waals surface area contributed by atoms with Gasteiger partial charge in [-0.2, -0.15) is 4.68 Å². The molecule has 7 nitrogen and oxygen atoms in total. The van der Waals surface area contributed by atoms with E-state index in [0.717, 1.165) is 5.69 Å². The summed E-state index contributed by atoms with van der Waals surface area (Å²) in [5.41, 5.74) is 0.0142. The van der Waals surface area contributed by atoms with Gasteiger partial charge in [0.2, 0.25) is 0 Å². The molecule has 104 valence electrons. The zero-order chi connectivity index (χ0) is 14.0. The standard InChI is InChI=1S/C13H15N5O2/c19-12(20)13(6-7-14-9-13)8-11-15-16-17-18(11)10-4-2-1-3-5-10/h1-5,14H,6-9H2,(H,19,20). The molecule has 1 saturated heterocycles. The van der Waals surface area contributed by atoms with E-state index in [4.69, 9.17) is 0 Å². The second-order valence-corrected chi connectivity index (χ2v) is 5.03. The molecule has 0 saturated carbocycles. The van der Waals surface area contributed by atoms with Crippen LogP contribution in [0.5, 0.6) is 0 Å². The number of rotatable bonds is 4. The summed E-state index contributed by atoms with van der Waals surface area (Å²) in [7, 11) is 0. The molecule has 0 bridgehead atoms. The fourth-order valence-corrected chi connectivity index (χ4v) is 2.54. The minimum atomic E-state index is -0.818. The smallest absolute Gasteiger partial charge is 0.311 e. The first-order chi connectivity index (χ1) is 9.71. The Labute approximate surface area is 115 Å². The summed E-state index contributed by atoms with van der Waals surface area (Å²) in [6.45, 7) is 1.16. The van der Waals surface area contributed by atoms with Crippen molar-refractivity contribution in [3.05, 3.63) is 36.2 Å². The van der Waals surface area contributed by atoms with Gasteiger partial charge in [-0.05, 0) is 35.5 Å². The van der Waals surface area contributed by atoms with Gasteiger partial charge in [-0.1, -0.05) is 18.2 Å². The predicted octanol–water partition coefficient (Wildman–Crippen LogP) is 0.269. The largest absolute Gasteiger partial charge is 0.481 e. The molecule has 0 spiro atoms. The summed E-state index contributed by atoms with van der Waals surface area (Å²) in [6, 6.07) is 9.48. The van der Waals surface area contributed by atoms with Crippen molar-refractivity contribution in [1.82, 2.24) is 25.5 Å². The van der Waals surface area contributed by atoms with Crippen LogP contribution in [-0.2, 0) is 11.2 Å². The zero-order valence-electron chi connectivity index (χ0n) is 10.9. The van der Waals surface area contributed by atoms with Crippen LogP contribution in [0.2, 0.25) is 0 Å². The quantitative estimate of drug-likeness (QED) is 0.830. The van der Waals surface area contributed by atoms with Crippen molar-refractivity contribution in [2.75, 3.05) is 13.1 Å². The van der Waals surface area contributed by atoms with Crippen LogP contribution in [-0.4, -0.2) is 44.4 Å². The van der Waals surface area contributed by atoms with Gasteiger partial charge in [-0.3, -0.25) is 4.79 Å². The van der Waals surface area contributed by atoms with Crippen molar-refractivity contribution in [3.63, 3.8) is 0 Å². The molecule has 1 fully saturated rings. The number of aromatic nitrogens is 4. The van der Waals surface area contributed by atoms with Crippen molar-refractivity contribution in [1.29, 1.82) is 0 Å². The zero-order valence-corrected chi connectivity index (χ0v) is 10.9. The van der Waals surface area contributed by atoms with Crippen LogP contribution >= 0.6 is 0 Å². The van der Waals surface area contributed by atoms with Crippen LogP contribution in [0.25, 0.3) is 5.69 Å². The molecule has 1 atom stereocenters. The van der Waals surface area contributed by atoms with E-state index in [1.807, 2.05) is 30.3 Å². The number of para-hydroxylation sites is 1. The molecule has 1 aliphatic rings. The highest BCUT2D eigenvalue weighted by Crippen LogP contribution is 2.30. The summed E-state index contributed by atoms with van der Waals surface area (Å²) in [5.74, 6) is -0.229. The van der Waals surface area contributed by atoms with Crippen molar-refractivity contribution in [3.8, 4) is 5.69 Å². The summed E-state index contributed by atoms with van der Waals surface area (Å²) in [4.78, 5) is 11.6. The van der Waals surface area contributed by atoms with E-state index in [9.17, 15) is 9.90 Å². The highest BCUT2D eigenvalue weighted by atomic mass is 16.4. The van der Waals surface area contributed by atoms with Crippen molar-refractivity contribution in [2.45, 2.75) is 12.8 Å². The third-order valence-corrected chi connectivity index (χ3v) is 3.73. The van der Waals surface area contributed by atoms with Crippen LogP contribution in [0.4, 0.5) is 0 Å². The molecule has 2 N–H and O–H groups in total. The molecule has 7 heteroatoms. The van der Waals surface area contributed by atoms with Gasteiger partial charge < -0.3 is 10.4 Å². The summed E-state index contributed by atoms with van der Waals surface area (Å²) >= 11 is 0. The van der Waals surface area contributed by atoms with E-state index in [-0.39, 0.29) is 0 Å². The molecule has 1 aliphatic heterocycles. The van der Waals surface area contributed by atoms with E-state index >= 15 is 0 Å². The fourth-order valence-electron chi connectivity index (χ4n) is 2.54. The number of hydrogen-bond donors (Lipinski definition) is 2. The lowest BCUT2D eigenvalue weighted by Gasteiger charge is -2.21. The van der Waals surface area contributed by atoms with Crippen LogP contribution in [0.1, 0.15) is 12.2 Å². The molecule has 1 aromatic carbocycles. The van der Waals surface area contributed by atoms with Crippen LogP contribution in [0, 0.1) is 5.41 Å². The van der Waals surface area contributed by atoms with Crippen LogP contribution in [0.3, 0.4) is 0 Å². The van der Waals surface area contributed by atoms with E-state index in [1.54, 1.807) is 4.68 Å². The second kappa shape index (κ2) is 5.01. The molecule has 20 heavy (non-hydrogen) atoms. The third kappa shape index (κ3) is 2.16. The van der Waals surface area contributed by atoms with Gasteiger partial charge in [-0.25, -0.2) is 0 Å². The summed E-state index contributed by atoms with van der Waals surface area (Å²) in [6.07, 6.45) is 0.904. The first kappa shape index (κ1) is 12.7. The SMILES string of the molecule is O=C(O)C1(Cc2nnnn2-c2ccccc2)CCNC1. The Bertz CT molecular complexity index is 604. The topological polar surface area (TPSA) is 92.9 Å². The van der Waals surface area contributed by atoms with E-state index in [0.29, 0.717) is 31.8 Å². The molecule has 3 rings (SSSR count). The molecule has 0 radical (unpaired) electrons. The van der Waals surface area contributed by atoms with E-state index < -0.39 is 11.4 Å². The number of carboxylic acid groups (broad SMARTS) is 1. The average Bonchev–Trinajstić information content (AvgIpc) is 3.10. The van der Waals surface area contributed by atoms with Crippen molar-refractivity contribution in [2.24, 2.45) is 5.41 Å². The third-order valence-electron chi connectivity index (χ3n) is 3.73. The van der Waals surface area contributed by atoms with Gasteiger partial charge in [0.1, 0.15) is 0 Å². The molecular formula is C13H15N5O2. The molecular weight excluding hydrogens is 258 g/mol. The Balaban J connectivity index is 1.93. The average molecular weight is 273 g/mol.